The van der Waals surface area contributed by atoms with E-state index in [9.17, 15) is 0 Å². The van der Waals surface area contributed by atoms with Crippen LogP contribution in [0.1, 0.15) is 52.7 Å². The van der Waals surface area contributed by atoms with E-state index in [4.69, 9.17) is 19.9 Å². The number of nitrogens with zero attached hydrogens (tertiary/aromatic N) is 6. The van der Waals surface area contributed by atoms with Gasteiger partial charge < -0.3 is 9.80 Å². The van der Waals surface area contributed by atoms with Crippen molar-refractivity contribution < 1.29 is 0 Å². The Morgan fingerprint density at radius 1 is 0.360 bits per heavy atom. The highest BCUT2D eigenvalue weighted by Crippen LogP contribution is 2.62. The van der Waals surface area contributed by atoms with E-state index in [0.717, 1.165) is 77.7 Å². The third kappa shape index (κ3) is 4.48. The first-order chi connectivity index (χ1) is 24.1. The number of hydrogen-bond acceptors (Lipinski definition) is 6. The van der Waals surface area contributed by atoms with Gasteiger partial charge in [-0.2, -0.15) is 0 Å². The summed E-state index contributed by atoms with van der Waals surface area (Å²) in [6, 6.07) is 34.9. The first kappa shape index (κ1) is 30.2. The highest BCUT2D eigenvalue weighted by atomic mass is 15.3. The second kappa shape index (κ2) is 10.8. The van der Waals surface area contributed by atoms with E-state index in [1.54, 1.807) is 0 Å². The normalized spacial score (nSPS) is 13.3. The van der Waals surface area contributed by atoms with Crippen LogP contribution in [0.15, 0.2) is 122 Å². The van der Waals surface area contributed by atoms with E-state index in [2.05, 4.69) is 124 Å². The Kier molecular flexibility index (Phi) is 6.53. The molecule has 0 saturated carbocycles. The van der Waals surface area contributed by atoms with Gasteiger partial charge in [0.05, 0.1) is 44.8 Å². The molecule has 8 aromatic rings. The summed E-state index contributed by atoms with van der Waals surface area (Å²) in [5.74, 6) is 0. The van der Waals surface area contributed by atoms with Crippen LogP contribution in [0.3, 0.4) is 0 Å². The highest BCUT2D eigenvalue weighted by Gasteiger charge is 2.38. The second-order valence-electron chi connectivity index (χ2n) is 15.3. The van der Waals surface area contributed by atoms with Crippen molar-refractivity contribution >= 4 is 77.7 Å². The lowest BCUT2D eigenvalue weighted by atomic mass is 9.86. The number of aromatic nitrogens is 4. The maximum Gasteiger partial charge on any atom is 0.0987 e. The monoisotopic (exact) mass is 650 g/mol. The first-order valence-corrected chi connectivity index (χ1v) is 17.2. The third-order valence-corrected chi connectivity index (χ3v) is 10.0. The summed E-state index contributed by atoms with van der Waals surface area (Å²) in [5.41, 5.74) is 12.4. The summed E-state index contributed by atoms with van der Waals surface area (Å²) in [4.78, 5) is 24.7. The standard InChI is InChI=1S/C44H38N6/c1-43(2,3)27-15-19-29(20-16-27)49-39-31-11-7-23-45-35(31)37-33(13-9-25-47-37)41(39)50(30-21-17-28(18-22-30)44(4,5)6)42-34-14-10-26-48-38(34)36-32(40(42)49)12-8-24-46-36/h7-26H,1-6H3. The molecule has 50 heavy (non-hydrogen) atoms. The van der Waals surface area contributed by atoms with Crippen molar-refractivity contribution in [3.63, 3.8) is 0 Å². The summed E-state index contributed by atoms with van der Waals surface area (Å²) >= 11 is 0. The van der Waals surface area contributed by atoms with Crippen LogP contribution in [0.4, 0.5) is 34.1 Å². The quantitative estimate of drug-likeness (QED) is 0.174. The molecule has 244 valence electrons. The van der Waals surface area contributed by atoms with Crippen LogP contribution in [-0.4, -0.2) is 19.9 Å². The minimum atomic E-state index is 0.0171. The van der Waals surface area contributed by atoms with Crippen molar-refractivity contribution in [1.29, 1.82) is 0 Å². The van der Waals surface area contributed by atoms with Crippen LogP contribution in [-0.2, 0) is 10.8 Å². The van der Waals surface area contributed by atoms with Crippen LogP contribution < -0.4 is 9.80 Å². The zero-order valence-corrected chi connectivity index (χ0v) is 29.2. The minimum absolute atomic E-state index is 0.0171. The lowest BCUT2D eigenvalue weighted by molar-refractivity contribution is 0.590. The number of hydrogen-bond donors (Lipinski definition) is 0. The van der Waals surface area contributed by atoms with Gasteiger partial charge in [0.15, 0.2) is 0 Å². The van der Waals surface area contributed by atoms with Gasteiger partial charge in [-0.25, -0.2) is 0 Å². The third-order valence-electron chi connectivity index (χ3n) is 10.0. The number of anilines is 6. The maximum absolute atomic E-state index is 4.97. The molecular weight excluding hydrogens is 613 g/mol. The van der Waals surface area contributed by atoms with Crippen LogP contribution >= 0.6 is 0 Å². The molecule has 0 bridgehead atoms. The van der Waals surface area contributed by atoms with Gasteiger partial charge in [-0.3, -0.25) is 19.9 Å². The molecule has 5 heterocycles. The lowest BCUT2D eigenvalue weighted by Gasteiger charge is -2.43. The maximum atomic E-state index is 4.97. The van der Waals surface area contributed by atoms with Gasteiger partial charge in [-0.15, -0.1) is 0 Å². The van der Waals surface area contributed by atoms with Gasteiger partial charge in [0.2, 0.25) is 0 Å². The van der Waals surface area contributed by atoms with Crippen LogP contribution in [0, 0.1) is 0 Å². The largest absolute Gasteiger partial charge is 0.305 e. The Bertz CT molecular complexity index is 2300. The van der Waals surface area contributed by atoms with Gasteiger partial charge in [0.25, 0.3) is 0 Å². The number of fused-ring (bicyclic) bond motifs is 12. The first-order valence-electron chi connectivity index (χ1n) is 17.2. The van der Waals surface area contributed by atoms with E-state index >= 15 is 0 Å². The Hall–Kier alpha value is -5.88. The van der Waals surface area contributed by atoms with Gasteiger partial charge in [0, 0.05) is 57.7 Å². The van der Waals surface area contributed by atoms with Crippen molar-refractivity contribution in [2.75, 3.05) is 9.80 Å². The fourth-order valence-corrected chi connectivity index (χ4v) is 7.52. The predicted molar refractivity (Wildman–Crippen MR) is 208 cm³/mol. The van der Waals surface area contributed by atoms with Crippen LogP contribution in [0.5, 0.6) is 0 Å². The van der Waals surface area contributed by atoms with Gasteiger partial charge in [-0.1, -0.05) is 65.8 Å². The molecule has 0 unspecified atom stereocenters. The molecule has 6 nitrogen and oxygen atoms in total. The SMILES string of the molecule is CC(C)(C)c1ccc(N2c3c(c4cccnc4c4ncccc34)N(c3ccc(C(C)(C)C)cc3)c3c2c2cccnc2c2ncccc32)cc1. The van der Waals surface area contributed by atoms with E-state index in [-0.39, 0.29) is 10.8 Å². The minimum Gasteiger partial charge on any atom is -0.305 e. The number of rotatable bonds is 2. The average Bonchev–Trinajstić information content (AvgIpc) is 3.13. The summed E-state index contributed by atoms with van der Waals surface area (Å²) in [6.45, 7) is 13.5. The van der Waals surface area contributed by atoms with Crippen LogP contribution in [0.2, 0.25) is 0 Å². The molecule has 1 aliphatic rings. The summed E-state index contributed by atoms with van der Waals surface area (Å²) in [5, 5.41) is 4.11. The fourth-order valence-electron chi connectivity index (χ4n) is 7.52. The van der Waals surface area contributed by atoms with Crippen LogP contribution in [0.25, 0.3) is 43.6 Å². The van der Waals surface area contributed by atoms with Gasteiger partial charge in [-0.05, 0) is 94.8 Å². The van der Waals surface area contributed by atoms with E-state index in [1.807, 2.05) is 49.1 Å². The van der Waals surface area contributed by atoms with Crippen molar-refractivity contribution in [1.82, 2.24) is 19.9 Å². The molecule has 0 aliphatic carbocycles. The molecule has 4 aromatic heterocycles. The Balaban J connectivity index is 1.51. The fraction of sp³-hybridized carbons (Fsp3) is 0.182. The molecule has 0 radical (unpaired) electrons. The Morgan fingerprint density at radius 3 is 0.860 bits per heavy atom. The molecule has 0 N–H and O–H groups in total. The van der Waals surface area contributed by atoms with E-state index in [0.29, 0.717) is 0 Å². The summed E-state index contributed by atoms with van der Waals surface area (Å²) in [7, 11) is 0. The number of pyridine rings is 4. The predicted octanol–water partition coefficient (Wildman–Crippen LogP) is 11.7. The van der Waals surface area contributed by atoms with Crippen molar-refractivity contribution in [2.45, 2.75) is 52.4 Å². The highest BCUT2D eigenvalue weighted by molar-refractivity contribution is 6.29. The molecule has 0 fully saturated rings. The van der Waals surface area contributed by atoms with Crippen molar-refractivity contribution in [3.8, 4) is 0 Å². The Morgan fingerprint density at radius 2 is 0.620 bits per heavy atom. The van der Waals surface area contributed by atoms with Crippen molar-refractivity contribution in [3.05, 3.63) is 133 Å². The molecule has 0 spiro atoms. The Labute approximate surface area is 292 Å². The molecule has 0 saturated heterocycles. The summed E-state index contributed by atoms with van der Waals surface area (Å²) < 4.78 is 0. The number of benzene rings is 4. The average molecular weight is 651 g/mol. The van der Waals surface area contributed by atoms with Gasteiger partial charge in [0.1, 0.15) is 0 Å². The zero-order valence-electron chi connectivity index (χ0n) is 29.2. The van der Waals surface area contributed by atoms with Gasteiger partial charge >= 0.3 is 0 Å². The second-order valence-corrected chi connectivity index (χ2v) is 15.3. The summed E-state index contributed by atoms with van der Waals surface area (Å²) in [6.07, 6.45) is 7.46. The molecule has 0 atom stereocenters. The van der Waals surface area contributed by atoms with E-state index < -0.39 is 0 Å². The lowest BCUT2D eigenvalue weighted by Crippen LogP contribution is -2.26. The molecule has 6 heteroatoms. The zero-order chi connectivity index (χ0) is 34.4. The molecule has 1 aliphatic heterocycles. The molecule has 4 aromatic carbocycles. The van der Waals surface area contributed by atoms with E-state index in [1.165, 1.54) is 11.1 Å². The van der Waals surface area contributed by atoms with Crippen molar-refractivity contribution in [2.24, 2.45) is 0 Å². The molecule has 9 rings (SSSR count). The molecule has 0 amide bonds. The topological polar surface area (TPSA) is 58.0 Å². The smallest absolute Gasteiger partial charge is 0.0987 e. The molecular formula is C44H38N6.